The molecule has 0 saturated heterocycles. The average Bonchev–Trinajstić information content (AvgIpc) is 2.74. The van der Waals surface area contributed by atoms with Gasteiger partial charge >= 0.3 is 12.4 Å². The molecule has 1 aliphatic heterocycles. The Labute approximate surface area is 193 Å². The molecule has 2 heterocycles. The number of urea groups is 1. The van der Waals surface area contributed by atoms with Crippen molar-refractivity contribution in [3.8, 4) is 5.75 Å². The van der Waals surface area contributed by atoms with Gasteiger partial charge in [0.15, 0.2) is 0 Å². The van der Waals surface area contributed by atoms with Crippen molar-refractivity contribution < 1.29 is 27.8 Å². The highest BCUT2D eigenvalue weighted by molar-refractivity contribution is 6.32. The van der Waals surface area contributed by atoms with Gasteiger partial charge in [0, 0.05) is 18.5 Å². The third kappa shape index (κ3) is 5.97. The zero-order chi connectivity index (χ0) is 24.3. The van der Waals surface area contributed by atoms with E-state index in [-0.39, 0.29) is 36.1 Å². The molecule has 3 rings (SSSR count). The van der Waals surface area contributed by atoms with Gasteiger partial charge in [-0.15, -0.1) is 13.2 Å². The lowest BCUT2D eigenvalue weighted by Crippen LogP contribution is -2.40. The van der Waals surface area contributed by atoms with Crippen LogP contribution in [0.3, 0.4) is 0 Å². The molecule has 1 aliphatic rings. The molecule has 0 spiro atoms. The van der Waals surface area contributed by atoms with Gasteiger partial charge in [-0.25, -0.2) is 14.8 Å². The Morgan fingerprint density at radius 3 is 2.70 bits per heavy atom. The first-order valence-electron chi connectivity index (χ1n) is 10.4. The van der Waals surface area contributed by atoms with Crippen molar-refractivity contribution in [1.29, 1.82) is 0 Å². The second-order valence-corrected chi connectivity index (χ2v) is 8.20. The Hall–Kier alpha value is -2.79. The van der Waals surface area contributed by atoms with E-state index in [4.69, 9.17) is 17.3 Å². The van der Waals surface area contributed by atoms with E-state index in [1.807, 2.05) is 6.92 Å². The van der Waals surface area contributed by atoms with E-state index in [9.17, 15) is 23.1 Å². The van der Waals surface area contributed by atoms with Gasteiger partial charge in [0.05, 0.1) is 29.6 Å². The molecule has 2 aromatic rings. The first kappa shape index (κ1) is 24.8. The predicted molar refractivity (Wildman–Crippen MR) is 116 cm³/mol. The molecule has 33 heavy (non-hydrogen) atoms. The van der Waals surface area contributed by atoms with Gasteiger partial charge in [0.25, 0.3) is 0 Å². The van der Waals surface area contributed by atoms with E-state index in [0.717, 1.165) is 5.56 Å². The molecule has 1 aromatic carbocycles. The maximum atomic E-state index is 12.6. The van der Waals surface area contributed by atoms with Gasteiger partial charge in [0.2, 0.25) is 5.95 Å². The number of nitrogens with zero attached hydrogens (tertiary/aromatic N) is 3. The minimum absolute atomic E-state index is 0.142. The Morgan fingerprint density at radius 2 is 2.12 bits per heavy atom. The van der Waals surface area contributed by atoms with E-state index in [1.165, 1.54) is 23.1 Å². The zero-order valence-corrected chi connectivity index (χ0v) is 18.9. The molecule has 4 N–H and O–H groups in total. The molecular formula is C21H25ClF3N5O3. The van der Waals surface area contributed by atoms with Crippen molar-refractivity contribution >= 4 is 23.6 Å². The molecule has 0 bridgehead atoms. The summed E-state index contributed by atoms with van der Waals surface area (Å²) < 4.78 is 41.8. The molecule has 0 fully saturated rings. The number of aliphatic hydroxyl groups is 1. The van der Waals surface area contributed by atoms with Crippen LogP contribution in [0.1, 0.15) is 48.7 Å². The van der Waals surface area contributed by atoms with Crippen LogP contribution in [0, 0.1) is 0 Å². The van der Waals surface area contributed by atoms with Crippen molar-refractivity contribution in [3.05, 3.63) is 45.7 Å². The molecule has 1 aromatic heterocycles. The van der Waals surface area contributed by atoms with E-state index >= 15 is 0 Å². The molecule has 2 amide bonds. The van der Waals surface area contributed by atoms with Crippen LogP contribution in [0.2, 0.25) is 5.02 Å². The number of carbonyl (C=O) groups excluding carboxylic acids is 1. The number of aromatic nitrogens is 2. The minimum atomic E-state index is -4.85. The maximum absolute atomic E-state index is 12.6. The Kier molecular flexibility index (Phi) is 7.53. The summed E-state index contributed by atoms with van der Waals surface area (Å²) in [5.74, 6) is -0.508. The molecule has 8 nitrogen and oxygen atoms in total. The van der Waals surface area contributed by atoms with Gasteiger partial charge < -0.3 is 25.8 Å². The third-order valence-electron chi connectivity index (χ3n) is 5.38. The second kappa shape index (κ2) is 10.0. The summed E-state index contributed by atoms with van der Waals surface area (Å²) in [6.45, 7) is 4.15. The van der Waals surface area contributed by atoms with Crippen molar-refractivity contribution in [3.63, 3.8) is 0 Å². The quantitative estimate of drug-likeness (QED) is 0.547. The number of halogens is 4. The molecule has 12 heteroatoms. The lowest BCUT2D eigenvalue weighted by molar-refractivity contribution is -0.274. The Morgan fingerprint density at radius 1 is 1.39 bits per heavy atom. The zero-order valence-electron chi connectivity index (χ0n) is 18.1. The number of hydrogen-bond acceptors (Lipinski definition) is 6. The summed E-state index contributed by atoms with van der Waals surface area (Å²) in [6.07, 6.45) is -3.80. The standard InChI is InChI=1S/C21H25ClF3N5O3/c1-3-13(12-4-5-17(15(22)8-12)33-21(23,24)25)18-14-6-7-30(19(26)32)9-16(14)28-20(29-18)27-11(2)10-31/h4-5,8,11,13,31H,3,6-7,9-10H2,1-2H3,(H2,26,32)(H,27,28,29)/t11-,13+/m0/s1. The fraction of sp³-hybridized carbons (Fsp3) is 0.476. The van der Waals surface area contributed by atoms with Crippen LogP contribution in [0.15, 0.2) is 18.2 Å². The van der Waals surface area contributed by atoms with E-state index in [1.54, 1.807) is 6.92 Å². The van der Waals surface area contributed by atoms with Crippen molar-refractivity contribution in [2.75, 3.05) is 18.5 Å². The fourth-order valence-electron chi connectivity index (χ4n) is 3.79. The molecule has 0 aliphatic carbocycles. The van der Waals surface area contributed by atoms with Crippen molar-refractivity contribution in [2.24, 2.45) is 5.73 Å². The van der Waals surface area contributed by atoms with E-state index < -0.39 is 18.1 Å². The number of anilines is 1. The number of amides is 2. The number of hydrogen-bond donors (Lipinski definition) is 3. The first-order valence-corrected chi connectivity index (χ1v) is 10.8. The van der Waals surface area contributed by atoms with Gasteiger partial charge in [0.1, 0.15) is 5.75 Å². The van der Waals surface area contributed by atoms with Crippen LogP contribution >= 0.6 is 11.6 Å². The fourth-order valence-corrected chi connectivity index (χ4v) is 4.02. The number of nitrogens with two attached hydrogens (primary N) is 1. The number of rotatable bonds is 7. The highest BCUT2D eigenvalue weighted by Crippen LogP contribution is 2.37. The SMILES string of the molecule is CC[C@H](c1ccc(OC(F)(F)F)c(Cl)c1)c1nc(N[C@@H](C)CO)nc2c1CCN(C(N)=O)C2. The summed E-state index contributed by atoms with van der Waals surface area (Å²) in [6, 6.07) is 3.27. The lowest BCUT2D eigenvalue weighted by Gasteiger charge is -2.30. The highest BCUT2D eigenvalue weighted by atomic mass is 35.5. The molecule has 2 atom stereocenters. The number of primary amides is 1. The third-order valence-corrected chi connectivity index (χ3v) is 5.68. The summed E-state index contributed by atoms with van der Waals surface area (Å²) in [5, 5.41) is 12.3. The van der Waals surface area contributed by atoms with Crippen LogP contribution in [0.5, 0.6) is 5.75 Å². The molecule has 180 valence electrons. The number of alkyl halides is 3. The van der Waals surface area contributed by atoms with Crippen molar-refractivity contribution in [2.45, 2.75) is 51.6 Å². The molecule has 0 radical (unpaired) electrons. The Balaban J connectivity index is 2.05. The van der Waals surface area contributed by atoms with Gasteiger partial charge in [-0.2, -0.15) is 0 Å². The largest absolute Gasteiger partial charge is 0.573 e. The average molecular weight is 488 g/mol. The highest BCUT2D eigenvalue weighted by Gasteiger charge is 2.33. The summed E-state index contributed by atoms with van der Waals surface area (Å²) in [4.78, 5) is 22.4. The molecule has 0 unspecified atom stereocenters. The van der Waals surface area contributed by atoms with Gasteiger partial charge in [-0.05, 0) is 43.0 Å². The van der Waals surface area contributed by atoms with Gasteiger partial charge in [-0.1, -0.05) is 24.6 Å². The summed E-state index contributed by atoms with van der Waals surface area (Å²) in [5.41, 5.74) is 8.27. The van der Waals surface area contributed by atoms with Crippen LogP contribution < -0.4 is 15.8 Å². The van der Waals surface area contributed by atoms with Crippen LogP contribution in [0.4, 0.5) is 23.9 Å². The van der Waals surface area contributed by atoms with Gasteiger partial charge in [-0.3, -0.25) is 0 Å². The summed E-state index contributed by atoms with van der Waals surface area (Å²) in [7, 11) is 0. The van der Waals surface area contributed by atoms with E-state index in [0.29, 0.717) is 36.3 Å². The number of carbonyl (C=O) groups is 1. The smallest absolute Gasteiger partial charge is 0.404 e. The maximum Gasteiger partial charge on any atom is 0.573 e. The number of nitrogens with one attached hydrogen (secondary N) is 1. The normalized spacial score (nSPS) is 15.5. The first-order chi connectivity index (χ1) is 15.5. The Bertz CT molecular complexity index is 1020. The van der Waals surface area contributed by atoms with E-state index in [2.05, 4.69) is 20.0 Å². The topological polar surface area (TPSA) is 114 Å². The number of benzene rings is 1. The molecular weight excluding hydrogens is 463 g/mol. The number of fused-ring (bicyclic) bond motifs is 1. The monoisotopic (exact) mass is 487 g/mol. The van der Waals surface area contributed by atoms with Crippen LogP contribution in [-0.4, -0.2) is 51.6 Å². The number of aliphatic hydroxyl groups excluding tert-OH is 1. The second-order valence-electron chi connectivity index (χ2n) is 7.79. The number of ether oxygens (including phenoxy) is 1. The lowest BCUT2D eigenvalue weighted by atomic mass is 9.87. The van der Waals surface area contributed by atoms with Crippen LogP contribution in [0.25, 0.3) is 0 Å². The predicted octanol–water partition coefficient (Wildman–Crippen LogP) is 3.80. The summed E-state index contributed by atoms with van der Waals surface area (Å²) >= 11 is 6.08. The molecule has 0 saturated carbocycles. The van der Waals surface area contributed by atoms with Crippen LogP contribution in [-0.2, 0) is 13.0 Å². The van der Waals surface area contributed by atoms with Crippen molar-refractivity contribution in [1.82, 2.24) is 14.9 Å². The minimum Gasteiger partial charge on any atom is -0.404 e.